The number of hydrogen-bond donors (Lipinski definition) is 2. The fourth-order valence-electron chi connectivity index (χ4n) is 2.81. The first-order valence-corrected chi connectivity index (χ1v) is 8.44. The van der Waals surface area contributed by atoms with Crippen LogP contribution in [-0.4, -0.2) is 49.6 Å². The van der Waals surface area contributed by atoms with Gasteiger partial charge in [-0.3, -0.25) is 9.89 Å². The molecule has 0 bridgehead atoms. The Morgan fingerprint density at radius 3 is 2.36 bits per heavy atom. The van der Waals surface area contributed by atoms with Gasteiger partial charge in [0.15, 0.2) is 5.96 Å². The minimum absolute atomic E-state index is 0. The summed E-state index contributed by atoms with van der Waals surface area (Å²) in [6, 6.07) is 1.13. The fraction of sp³-hybridized carbons (Fsp3) is 0.941. The normalized spacial score (nSPS) is 23.5. The minimum Gasteiger partial charge on any atom is -0.356 e. The largest absolute Gasteiger partial charge is 0.356 e. The SMILES string of the molecule is CN=C(NCCCC(C)(C)C)NC1CN(C(C)C)CC1C.I. The molecule has 4 nitrogen and oxygen atoms in total. The van der Waals surface area contributed by atoms with Gasteiger partial charge in [-0.05, 0) is 38.0 Å². The van der Waals surface area contributed by atoms with Crippen LogP contribution in [0.15, 0.2) is 4.99 Å². The van der Waals surface area contributed by atoms with Crippen LogP contribution in [0.25, 0.3) is 0 Å². The Balaban J connectivity index is 0.00000441. The summed E-state index contributed by atoms with van der Waals surface area (Å²) in [6.07, 6.45) is 2.42. The van der Waals surface area contributed by atoms with Gasteiger partial charge in [0.25, 0.3) is 0 Å². The lowest BCUT2D eigenvalue weighted by Crippen LogP contribution is -2.47. The van der Waals surface area contributed by atoms with Gasteiger partial charge in [-0.25, -0.2) is 0 Å². The molecule has 1 saturated heterocycles. The molecule has 2 unspecified atom stereocenters. The van der Waals surface area contributed by atoms with Crippen LogP contribution in [-0.2, 0) is 0 Å². The number of halogens is 1. The van der Waals surface area contributed by atoms with Crippen LogP contribution in [0.1, 0.15) is 54.4 Å². The van der Waals surface area contributed by atoms with Gasteiger partial charge in [0, 0.05) is 38.8 Å². The average molecular weight is 424 g/mol. The summed E-state index contributed by atoms with van der Waals surface area (Å²) in [6.45, 7) is 17.0. The molecule has 0 aromatic heterocycles. The van der Waals surface area contributed by atoms with Crippen molar-refractivity contribution in [1.29, 1.82) is 0 Å². The summed E-state index contributed by atoms with van der Waals surface area (Å²) < 4.78 is 0. The molecule has 22 heavy (non-hydrogen) atoms. The lowest BCUT2D eigenvalue weighted by molar-refractivity contribution is 0.265. The third-order valence-electron chi connectivity index (χ3n) is 4.31. The third-order valence-corrected chi connectivity index (χ3v) is 4.31. The predicted molar refractivity (Wildman–Crippen MR) is 108 cm³/mol. The molecule has 1 rings (SSSR count). The topological polar surface area (TPSA) is 39.7 Å². The van der Waals surface area contributed by atoms with Crippen molar-refractivity contribution in [3.63, 3.8) is 0 Å². The molecule has 0 spiro atoms. The van der Waals surface area contributed by atoms with Gasteiger partial charge in [-0.15, -0.1) is 24.0 Å². The predicted octanol–water partition coefficient (Wildman–Crippen LogP) is 3.32. The van der Waals surface area contributed by atoms with E-state index in [0.717, 1.165) is 19.0 Å². The lowest BCUT2D eigenvalue weighted by Gasteiger charge is -2.22. The number of rotatable bonds is 5. The van der Waals surface area contributed by atoms with E-state index in [2.05, 4.69) is 62.1 Å². The van der Waals surface area contributed by atoms with Crippen LogP contribution in [0.2, 0.25) is 0 Å². The summed E-state index contributed by atoms with van der Waals surface area (Å²) in [5, 5.41) is 7.05. The molecule has 0 aromatic rings. The van der Waals surface area contributed by atoms with Crippen LogP contribution in [0.5, 0.6) is 0 Å². The second-order valence-electron chi connectivity index (χ2n) is 7.94. The smallest absolute Gasteiger partial charge is 0.191 e. The van der Waals surface area contributed by atoms with Crippen molar-refractivity contribution < 1.29 is 0 Å². The van der Waals surface area contributed by atoms with Crippen molar-refractivity contribution in [2.45, 2.75) is 66.5 Å². The van der Waals surface area contributed by atoms with E-state index in [1.165, 1.54) is 19.4 Å². The van der Waals surface area contributed by atoms with Crippen molar-refractivity contribution in [3.8, 4) is 0 Å². The highest BCUT2D eigenvalue weighted by Crippen LogP contribution is 2.20. The molecule has 0 saturated carbocycles. The van der Waals surface area contributed by atoms with E-state index >= 15 is 0 Å². The summed E-state index contributed by atoms with van der Waals surface area (Å²) in [7, 11) is 1.86. The van der Waals surface area contributed by atoms with Gasteiger partial charge in [-0.1, -0.05) is 27.7 Å². The van der Waals surface area contributed by atoms with Crippen LogP contribution < -0.4 is 10.6 Å². The first kappa shape index (κ1) is 22.0. The highest BCUT2D eigenvalue weighted by Gasteiger charge is 2.31. The zero-order chi connectivity index (χ0) is 16.0. The van der Waals surface area contributed by atoms with Gasteiger partial charge in [0.1, 0.15) is 0 Å². The lowest BCUT2D eigenvalue weighted by atomic mass is 9.91. The highest BCUT2D eigenvalue weighted by molar-refractivity contribution is 14.0. The molecule has 1 aliphatic rings. The number of nitrogens with zero attached hydrogens (tertiary/aromatic N) is 2. The van der Waals surface area contributed by atoms with E-state index in [4.69, 9.17) is 0 Å². The Kier molecular flexibility index (Phi) is 9.94. The molecular weight excluding hydrogens is 387 g/mol. The van der Waals surface area contributed by atoms with E-state index in [-0.39, 0.29) is 24.0 Å². The van der Waals surface area contributed by atoms with E-state index in [9.17, 15) is 0 Å². The summed E-state index contributed by atoms with van der Waals surface area (Å²) in [5.41, 5.74) is 0.413. The van der Waals surface area contributed by atoms with Crippen LogP contribution in [0.4, 0.5) is 0 Å². The molecule has 5 heteroatoms. The van der Waals surface area contributed by atoms with Crippen LogP contribution >= 0.6 is 24.0 Å². The molecule has 1 heterocycles. The van der Waals surface area contributed by atoms with E-state index < -0.39 is 0 Å². The zero-order valence-electron chi connectivity index (χ0n) is 15.6. The van der Waals surface area contributed by atoms with E-state index in [1.807, 2.05) is 7.05 Å². The van der Waals surface area contributed by atoms with Crippen LogP contribution in [0.3, 0.4) is 0 Å². The van der Waals surface area contributed by atoms with Crippen molar-refractivity contribution in [1.82, 2.24) is 15.5 Å². The van der Waals surface area contributed by atoms with Crippen molar-refractivity contribution in [2.24, 2.45) is 16.3 Å². The quantitative estimate of drug-likeness (QED) is 0.308. The Labute approximate surface area is 154 Å². The van der Waals surface area contributed by atoms with E-state index in [1.54, 1.807) is 0 Å². The molecule has 2 N–H and O–H groups in total. The molecule has 132 valence electrons. The summed E-state index contributed by atoms with van der Waals surface area (Å²) >= 11 is 0. The summed E-state index contributed by atoms with van der Waals surface area (Å²) in [5.74, 6) is 1.62. The minimum atomic E-state index is 0. The Morgan fingerprint density at radius 1 is 1.27 bits per heavy atom. The number of aliphatic imine (C=N–C) groups is 1. The molecular formula is C17H37IN4. The van der Waals surface area contributed by atoms with Gasteiger partial charge >= 0.3 is 0 Å². The fourth-order valence-corrected chi connectivity index (χ4v) is 2.81. The molecule has 0 radical (unpaired) electrons. The van der Waals surface area contributed by atoms with Gasteiger partial charge < -0.3 is 10.6 Å². The maximum atomic E-state index is 4.37. The van der Waals surface area contributed by atoms with Gasteiger partial charge in [0.05, 0.1) is 0 Å². The van der Waals surface area contributed by atoms with Crippen molar-refractivity contribution in [3.05, 3.63) is 0 Å². The Hall–Kier alpha value is -0.0400. The van der Waals surface area contributed by atoms with Crippen molar-refractivity contribution >= 4 is 29.9 Å². The van der Waals surface area contributed by atoms with E-state index in [0.29, 0.717) is 23.4 Å². The standard InChI is InChI=1S/C17H36N4.HI/c1-13(2)21-11-14(3)15(12-21)20-16(18-7)19-10-8-9-17(4,5)6;/h13-15H,8-12H2,1-7H3,(H2,18,19,20);1H. The van der Waals surface area contributed by atoms with Gasteiger partial charge in [-0.2, -0.15) is 0 Å². The zero-order valence-corrected chi connectivity index (χ0v) is 17.9. The average Bonchev–Trinajstić information content (AvgIpc) is 2.73. The summed E-state index contributed by atoms with van der Waals surface area (Å²) in [4.78, 5) is 6.90. The molecule has 0 aliphatic carbocycles. The monoisotopic (exact) mass is 424 g/mol. The second kappa shape index (κ2) is 9.96. The number of nitrogens with one attached hydrogen (secondary N) is 2. The Bertz CT molecular complexity index is 336. The Morgan fingerprint density at radius 2 is 1.91 bits per heavy atom. The van der Waals surface area contributed by atoms with Crippen molar-refractivity contribution in [2.75, 3.05) is 26.7 Å². The first-order chi connectivity index (χ1) is 9.73. The van der Waals surface area contributed by atoms with Crippen LogP contribution in [0, 0.1) is 11.3 Å². The molecule has 0 amide bonds. The van der Waals surface area contributed by atoms with Gasteiger partial charge in [0.2, 0.25) is 0 Å². The number of guanidine groups is 1. The number of hydrogen-bond acceptors (Lipinski definition) is 2. The second-order valence-corrected chi connectivity index (χ2v) is 7.94. The molecule has 2 atom stereocenters. The molecule has 1 fully saturated rings. The maximum Gasteiger partial charge on any atom is 0.191 e. The molecule has 0 aromatic carbocycles. The maximum absolute atomic E-state index is 4.37. The first-order valence-electron chi connectivity index (χ1n) is 8.44. The molecule has 1 aliphatic heterocycles. The number of likely N-dealkylation sites (tertiary alicyclic amines) is 1. The highest BCUT2D eigenvalue weighted by atomic mass is 127. The third kappa shape index (κ3) is 7.99.